The predicted molar refractivity (Wildman–Crippen MR) is 45.4 cm³/mol. The highest BCUT2D eigenvalue weighted by molar-refractivity contribution is 5.08. The molecule has 0 heterocycles. The van der Waals surface area contributed by atoms with Crippen molar-refractivity contribution in [3.63, 3.8) is 0 Å². The van der Waals surface area contributed by atoms with Gasteiger partial charge in [0.05, 0.1) is 5.60 Å². The SMILES string of the molecule is CCC1(O)CCC12CCCC2. The van der Waals surface area contributed by atoms with Gasteiger partial charge in [-0.1, -0.05) is 19.8 Å². The molecule has 0 aromatic rings. The first-order valence-electron chi connectivity index (χ1n) is 4.95. The second-order valence-corrected chi connectivity index (χ2v) is 4.37. The zero-order valence-corrected chi connectivity index (χ0v) is 7.40. The van der Waals surface area contributed by atoms with E-state index in [-0.39, 0.29) is 5.60 Å². The van der Waals surface area contributed by atoms with Gasteiger partial charge >= 0.3 is 0 Å². The summed E-state index contributed by atoms with van der Waals surface area (Å²) in [5.41, 5.74) is 0.116. The maximum absolute atomic E-state index is 10.2. The molecule has 0 aliphatic heterocycles. The summed E-state index contributed by atoms with van der Waals surface area (Å²) in [4.78, 5) is 0. The summed E-state index contributed by atoms with van der Waals surface area (Å²) in [6.45, 7) is 2.12. The van der Waals surface area contributed by atoms with Crippen LogP contribution in [0.3, 0.4) is 0 Å². The van der Waals surface area contributed by atoms with Gasteiger partial charge < -0.3 is 5.11 Å². The van der Waals surface area contributed by atoms with E-state index in [4.69, 9.17) is 0 Å². The van der Waals surface area contributed by atoms with Gasteiger partial charge in [0, 0.05) is 0 Å². The minimum atomic E-state index is -0.260. The molecule has 0 aromatic carbocycles. The fourth-order valence-corrected chi connectivity index (χ4v) is 3.09. The highest BCUT2D eigenvalue weighted by Crippen LogP contribution is 2.60. The predicted octanol–water partition coefficient (Wildman–Crippen LogP) is 2.48. The average Bonchev–Trinajstić information content (AvgIpc) is 2.51. The van der Waals surface area contributed by atoms with E-state index in [1.54, 1.807) is 0 Å². The Kier molecular flexibility index (Phi) is 1.54. The van der Waals surface area contributed by atoms with Crippen LogP contribution in [0.1, 0.15) is 51.9 Å². The Balaban J connectivity index is 2.14. The Hall–Kier alpha value is -0.0400. The van der Waals surface area contributed by atoms with Crippen LogP contribution in [0.15, 0.2) is 0 Å². The minimum absolute atomic E-state index is 0.260. The van der Waals surface area contributed by atoms with Crippen LogP contribution in [0, 0.1) is 5.41 Å². The summed E-state index contributed by atoms with van der Waals surface area (Å²) in [6.07, 6.45) is 8.59. The molecule has 1 unspecified atom stereocenters. The molecule has 64 valence electrons. The number of hydrogen-bond acceptors (Lipinski definition) is 1. The third kappa shape index (κ3) is 0.807. The van der Waals surface area contributed by atoms with E-state index in [1.165, 1.54) is 32.1 Å². The third-order valence-electron chi connectivity index (χ3n) is 4.15. The van der Waals surface area contributed by atoms with Crippen molar-refractivity contribution in [3.05, 3.63) is 0 Å². The lowest BCUT2D eigenvalue weighted by molar-refractivity contribution is -0.166. The molecule has 0 radical (unpaired) electrons. The molecule has 1 atom stereocenters. The first-order valence-corrected chi connectivity index (χ1v) is 4.95. The lowest BCUT2D eigenvalue weighted by Gasteiger charge is -2.54. The molecule has 11 heavy (non-hydrogen) atoms. The van der Waals surface area contributed by atoms with Crippen LogP contribution in [0.5, 0.6) is 0 Å². The molecule has 2 fully saturated rings. The summed E-state index contributed by atoms with van der Waals surface area (Å²) >= 11 is 0. The smallest absolute Gasteiger partial charge is 0.0701 e. The molecular formula is C10H18O. The van der Waals surface area contributed by atoms with E-state index in [2.05, 4.69) is 6.92 Å². The third-order valence-corrected chi connectivity index (χ3v) is 4.15. The van der Waals surface area contributed by atoms with Gasteiger partial charge in [0.2, 0.25) is 0 Å². The first-order chi connectivity index (χ1) is 5.22. The Bertz CT molecular complexity index is 154. The Morgan fingerprint density at radius 1 is 1.09 bits per heavy atom. The van der Waals surface area contributed by atoms with Crippen molar-refractivity contribution in [2.75, 3.05) is 0 Å². The zero-order chi connectivity index (χ0) is 7.95. The highest BCUT2D eigenvalue weighted by atomic mass is 16.3. The summed E-state index contributed by atoms with van der Waals surface area (Å²) in [5, 5.41) is 10.2. The average molecular weight is 154 g/mol. The molecule has 0 saturated heterocycles. The molecule has 1 spiro atoms. The fraction of sp³-hybridized carbons (Fsp3) is 1.00. The van der Waals surface area contributed by atoms with E-state index >= 15 is 0 Å². The van der Waals surface area contributed by atoms with Crippen molar-refractivity contribution in [1.82, 2.24) is 0 Å². The maximum atomic E-state index is 10.2. The molecule has 0 amide bonds. The normalized spacial score (nSPS) is 40.9. The fourth-order valence-electron chi connectivity index (χ4n) is 3.09. The van der Waals surface area contributed by atoms with Crippen molar-refractivity contribution in [2.45, 2.75) is 57.5 Å². The minimum Gasteiger partial charge on any atom is -0.389 e. The number of hydrogen-bond donors (Lipinski definition) is 1. The van der Waals surface area contributed by atoms with Crippen LogP contribution in [-0.4, -0.2) is 10.7 Å². The van der Waals surface area contributed by atoms with Gasteiger partial charge in [-0.05, 0) is 37.5 Å². The van der Waals surface area contributed by atoms with Gasteiger partial charge in [-0.3, -0.25) is 0 Å². The summed E-state index contributed by atoms with van der Waals surface area (Å²) in [7, 11) is 0. The zero-order valence-electron chi connectivity index (χ0n) is 7.40. The van der Waals surface area contributed by atoms with Gasteiger partial charge in [0.25, 0.3) is 0 Å². The molecule has 2 rings (SSSR count). The van der Waals surface area contributed by atoms with Crippen LogP contribution in [0.25, 0.3) is 0 Å². The van der Waals surface area contributed by atoms with E-state index in [0.29, 0.717) is 5.41 Å². The lowest BCUT2D eigenvalue weighted by Crippen LogP contribution is -2.55. The van der Waals surface area contributed by atoms with Gasteiger partial charge in [-0.25, -0.2) is 0 Å². The van der Waals surface area contributed by atoms with Gasteiger partial charge in [-0.15, -0.1) is 0 Å². The van der Waals surface area contributed by atoms with E-state index < -0.39 is 0 Å². The molecule has 2 aliphatic carbocycles. The molecule has 0 aromatic heterocycles. The second kappa shape index (κ2) is 2.22. The standard InChI is InChI=1S/C10H18O/c1-2-10(11)8-7-9(10)5-3-4-6-9/h11H,2-8H2,1H3. The maximum Gasteiger partial charge on any atom is 0.0701 e. The summed E-state index contributed by atoms with van der Waals surface area (Å²) in [6, 6.07) is 0. The Morgan fingerprint density at radius 2 is 1.73 bits per heavy atom. The molecule has 1 N–H and O–H groups in total. The summed E-state index contributed by atoms with van der Waals surface area (Å²) < 4.78 is 0. The Morgan fingerprint density at radius 3 is 2.09 bits per heavy atom. The molecule has 2 saturated carbocycles. The highest BCUT2D eigenvalue weighted by Gasteiger charge is 2.57. The van der Waals surface area contributed by atoms with Crippen LogP contribution >= 0.6 is 0 Å². The van der Waals surface area contributed by atoms with Crippen LogP contribution in [0.4, 0.5) is 0 Å². The molecule has 0 bridgehead atoms. The van der Waals surface area contributed by atoms with Crippen molar-refractivity contribution in [2.24, 2.45) is 5.41 Å². The second-order valence-electron chi connectivity index (χ2n) is 4.37. The molecule has 1 heteroatoms. The van der Waals surface area contributed by atoms with Gasteiger partial charge in [-0.2, -0.15) is 0 Å². The van der Waals surface area contributed by atoms with E-state index in [9.17, 15) is 5.11 Å². The number of aliphatic hydroxyl groups is 1. The first kappa shape index (κ1) is 7.60. The summed E-state index contributed by atoms with van der Waals surface area (Å²) in [5.74, 6) is 0. The van der Waals surface area contributed by atoms with Crippen molar-refractivity contribution in [1.29, 1.82) is 0 Å². The number of rotatable bonds is 1. The van der Waals surface area contributed by atoms with Crippen LogP contribution < -0.4 is 0 Å². The quantitative estimate of drug-likeness (QED) is 0.615. The molecule has 1 nitrogen and oxygen atoms in total. The van der Waals surface area contributed by atoms with Crippen LogP contribution in [-0.2, 0) is 0 Å². The topological polar surface area (TPSA) is 20.2 Å². The van der Waals surface area contributed by atoms with E-state index in [0.717, 1.165) is 12.8 Å². The van der Waals surface area contributed by atoms with Crippen molar-refractivity contribution >= 4 is 0 Å². The van der Waals surface area contributed by atoms with E-state index in [1.807, 2.05) is 0 Å². The lowest BCUT2D eigenvalue weighted by atomic mass is 9.54. The molecular weight excluding hydrogens is 136 g/mol. The largest absolute Gasteiger partial charge is 0.389 e. The molecule has 2 aliphatic rings. The Labute approximate surface area is 68.8 Å². The van der Waals surface area contributed by atoms with Crippen molar-refractivity contribution in [3.8, 4) is 0 Å². The van der Waals surface area contributed by atoms with Crippen molar-refractivity contribution < 1.29 is 5.11 Å². The van der Waals surface area contributed by atoms with Gasteiger partial charge in [0.1, 0.15) is 0 Å². The van der Waals surface area contributed by atoms with Gasteiger partial charge in [0.15, 0.2) is 0 Å². The van der Waals surface area contributed by atoms with Crippen LogP contribution in [0.2, 0.25) is 0 Å². The monoisotopic (exact) mass is 154 g/mol.